The van der Waals surface area contributed by atoms with Crippen molar-refractivity contribution in [3.05, 3.63) is 64.8 Å². The van der Waals surface area contributed by atoms with Crippen LogP contribution in [0.5, 0.6) is 0 Å². The van der Waals surface area contributed by atoms with Crippen molar-refractivity contribution >= 4 is 17.9 Å². The van der Waals surface area contributed by atoms with E-state index in [9.17, 15) is 4.79 Å². The van der Waals surface area contributed by atoms with Gasteiger partial charge < -0.3 is 0 Å². The largest absolute Gasteiger partial charge is 0.296 e. The van der Waals surface area contributed by atoms with Crippen molar-refractivity contribution in [2.75, 3.05) is 0 Å². The van der Waals surface area contributed by atoms with Gasteiger partial charge in [-0.25, -0.2) is 4.68 Å². The van der Waals surface area contributed by atoms with E-state index in [0.717, 1.165) is 16.8 Å². The van der Waals surface area contributed by atoms with Crippen LogP contribution in [0.1, 0.15) is 16.1 Å². The molecule has 21 heavy (non-hydrogen) atoms. The van der Waals surface area contributed by atoms with Crippen molar-refractivity contribution in [2.24, 2.45) is 0 Å². The van der Waals surface area contributed by atoms with Crippen molar-refractivity contribution < 1.29 is 4.79 Å². The van der Waals surface area contributed by atoms with E-state index in [-0.39, 0.29) is 0 Å². The minimum Gasteiger partial charge on any atom is -0.296 e. The molecule has 0 amide bonds. The summed E-state index contributed by atoms with van der Waals surface area (Å²) in [7, 11) is 0. The molecule has 0 spiro atoms. The second kappa shape index (κ2) is 5.50. The van der Waals surface area contributed by atoms with Crippen molar-refractivity contribution in [2.45, 2.75) is 6.92 Å². The molecule has 4 nitrogen and oxygen atoms in total. The molecule has 5 heteroatoms. The maximum absolute atomic E-state index is 11.3. The highest BCUT2D eigenvalue weighted by Crippen LogP contribution is 2.27. The second-order valence-corrected chi connectivity index (χ2v) is 5.09. The normalized spacial score (nSPS) is 10.6. The van der Waals surface area contributed by atoms with Crippen LogP contribution >= 0.6 is 11.6 Å². The predicted molar refractivity (Wildman–Crippen MR) is 81.9 cm³/mol. The van der Waals surface area contributed by atoms with Gasteiger partial charge >= 0.3 is 0 Å². The minimum absolute atomic E-state index is 0.292. The molecule has 0 unspecified atom stereocenters. The molecule has 0 aliphatic heterocycles. The molecule has 3 rings (SSSR count). The summed E-state index contributed by atoms with van der Waals surface area (Å²) >= 11 is 6.05. The summed E-state index contributed by atoms with van der Waals surface area (Å²) in [5, 5.41) is 8.68. The summed E-state index contributed by atoms with van der Waals surface area (Å²) in [6.07, 6.45) is 0.706. The average molecular weight is 298 g/mol. The number of rotatable bonds is 3. The number of para-hydroxylation sites is 1. The topological polar surface area (TPSA) is 47.8 Å². The van der Waals surface area contributed by atoms with Gasteiger partial charge in [-0.1, -0.05) is 47.1 Å². The number of carbonyl (C=O) groups excluding carboxylic acids is 1. The van der Waals surface area contributed by atoms with E-state index < -0.39 is 0 Å². The van der Waals surface area contributed by atoms with Gasteiger partial charge in [-0.05, 0) is 30.7 Å². The third-order valence-corrected chi connectivity index (χ3v) is 3.48. The van der Waals surface area contributed by atoms with Crippen LogP contribution in [0, 0.1) is 6.92 Å². The zero-order chi connectivity index (χ0) is 14.8. The van der Waals surface area contributed by atoms with Gasteiger partial charge in [0.1, 0.15) is 5.69 Å². The fourth-order valence-electron chi connectivity index (χ4n) is 2.25. The highest BCUT2D eigenvalue weighted by atomic mass is 35.5. The molecule has 3 aromatic rings. The fourth-order valence-corrected chi connectivity index (χ4v) is 2.44. The Kier molecular flexibility index (Phi) is 3.54. The Balaban J connectivity index is 2.27. The van der Waals surface area contributed by atoms with Gasteiger partial charge in [0.25, 0.3) is 0 Å². The van der Waals surface area contributed by atoms with Gasteiger partial charge in [0.15, 0.2) is 12.0 Å². The number of nitrogens with zero attached hydrogens (tertiary/aromatic N) is 3. The summed E-state index contributed by atoms with van der Waals surface area (Å²) in [6.45, 7) is 1.99. The summed E-state index contributed by atoms with van der Waals surface area (Å²) in [4.78, 5) is 11.3. The molecule has 0 aliphatic carbocycles. The van der Waals surface area contributed by atoms with Crippen LogP contribution in [-0.4, -0.2) is 21.3 Å². The number of benzene rings is 2. The van der Waals surface area contributed by atoms with Gasteiger partial charge in [0, 0.05) is 10.6 Å². The number of aldehydes is 1. The maximum atomic E-state index is 11.3. The second-order valence-electron chi connectivity index (χ2n) is 4.65. The molecule has 0 aliphatic rings. The third kappa shape index (κ3) is 2.45. The molecule has 2 aromatic carbocycles. The number of aryl methyl sites for hydroxylation is 1. The van der Waals surface area contributed by atoms with E-state index in [1.807, 2.05) is 43.3 Å². The number of hydrogen-bond donors (Lipinski definition) is 0. The van der Waals surface area contributed by atoms with Gasteiger partial charge in [-0.2, -0.15) is 0 Å². The molecule has 104 valence electrons. The maximum Gasteiger partial charge on any atom is 0.172 e. The Labute approximate surface area is 127 Å². The van der Waals surface area contributed by atoms with Crippen molar-refractivity contribution in [3.63, 3.8) is 0 Å². The number of halogens is 1. The van der Waals surface area contributed by atoms with E-state index in [1.165, 1.54) is 0 Å². The first-order chi connectivity index (χ1) is 10.2. The van der Waals surface area contributed by atoms with Crippen LogP contribution in [0.2, 0.25) is 5.02 Å². The van der Waals surface area contributed by atoms with Gasteiger partial charge in [-0.3, -0.25) is 4.79 Å². The van der Waals surface area contributed by atoms with Gasteiger partial charge in [-0.15, -0.1) is 5.10 Å². The van der Waals surface area contributed by atoms with E-state index in [0.29, 0.717) is 22.7 Å². The first kappa shape index (κ1) is 13.5. The first-order valence-electron chi connectivity index (χ1n) is 6.43. The summed E-state index contributed by atoms with van der Waals surface area (Å²) in [5.41, 5.74) is 3.66. The summed E-state index contributed by atoms with van der Waals surface area (Å²) in [5.74, 6) is 0. The molecule has 0 fully saturated rings. The van der Waals surface area contributed by atoms with E-state index in [2.05, 4.69) is 10.3 Å². The quantitative estimate of drug-likeness (QED) is 0.692. The van der Waals surface area contributed by atoms with Crippen LogP contribution in [0.25, 0.3) is 16.9 Å². The van der Waals surface area contributed by atoms with Crippen molar-refractivity contribution in [3.8, 4) is 16.9 Å². The highest BCUT2D eigenvalue weighted by molar-refractivity contribution is 6.30. The predicted octanol–water partition coefficient (Wildman–Crippen LogP) is 3.71. The first-order valence-corrected chi connectivity index (χ1v) is 6.81. The lowest BCUT2D eigenvalue weighted by atomic mass is 10.1. The lowest BCUT2D eigenvalue weighted by molar-refractivity contribution is 0.111. The Morgan fingerprint density at radius 3 is 2.67 bits per heavy atom. The molecule has 0 N–H and O–H groups in total. The van der Waals surface area contributed by atoms with Gasteiger partial charge in [0.2, 0.25) is 0 Å². The SMILES string of the molecule is Cc1ccccc1-n1nnc(C=O)c1-c1cccc(Cl)c1. The number of carbonyl (C=O) groups is 1. The smallest absolute Gasteiger partial charge is 0.172 e. The molecule has 0 atom stereocenters. The zero-order valence-electron chi connectivity index (χ0n) is 11.3. The molecular weight excluding hydrogens is 286 g/mol. The van der Waals surface area contributed by atoms with E-state index in [4.69, 9.17) is 11.6 Å². The number of hydrogen-bond acceptors (Lipinski definition) is 3. The Hall–Kier alpha value is -2.46. The molecule has 0 bridgehead atoms. The monoisotopic (exact) mass is 297 g/mol. The molecule has 0 saturated carbocycles. The molecule has 1 aromatic heterocycles. The minimum atomic E-state index is 0.292. The molecule has 0 saturated heterocycles. The van der Waals surface area contributed by atoms with Gasteiger partial charge in [0.05, 0.1) is 5.69 Å². The van der Waals surface area contributed by atoms with Crippen LogP contribution in [0.3, 0.4) is 0 Å². The van der Waals surface area contributed by atoms with E-state index >= 15 is 0 Å². The summed E-state index contributed by atoms with van der Waals surface area (Å²) in [6, 6.07) is 15.1. The lowest BCUT2D eigenvalue weighted by Gasteiger charge is -2.09. The fraction of sp³-hybridized carbons (Fsp3) is 0.0625. The zero-order valence-corrected chi connectivity index (χ0v) is 12.1. The molecule has 1 heterocycles. The average Bonchev–Trinajstić information content (AvgIpc) is 2.91. The van der Waals surface area contributed by atoms with Crippen LogP contribution in [-0.2, 0) is 0 Å². The molecular formula is C16H12ClN3O. The highest BCUT2D eigenvalue weighted by Gasteiger charge is 2.17. The summed E-state index contributed by atoms with van der Waals surface area (Å²) < 4.78 is 1.67. The lowest BCUT2D eigenvalue weighted by Crippen LogP contribution is -2.02. The van der Waals surface area contributed by atoms with E-state index in [1.54, 1.807) is 16.8 Å². The Bertz CT molecular complexity index is 811. The Morgan fingerprint density at radius 1 is 1.14 bits per heavy atom. The standard InChI is InChI=1S/C16H12ClN3O/c1-11-5-2-3-8-15(11)20-16(14(10-21)18-19-20)12-6-4-7-13(17)9-12/h2-10H,1H3. The van der Waals surface area contributed by atoms with Crippen LogP contribution in [0.4, 0.5) is 0 Å². The van der Waals surface area contributed by atoms with Crippen molar-refractivity contribution in [1.29, 1.82) is 0 Å². The van der Waals surface area contributed by atoms with Crippen LogP contribution in [0.15, 0.2) is 48.5 Å². The molecule has 0 radical (unpaired) electrons. The number of aromatic nitrogens is 3. The third-order valence-electron chi connectivity index (χ3n) is 3.25. The van der Waals surface area contributed by atoms with Crippen LogP contribution < -0.4 is 0 Å². The van der Waals surface area contributed by atoms with Crippen molar-refractivity contribution in [1.82, 2.24) is 15.0 Å². The Morgan fingerprint density at radius 2 is 1.95 bits per heavy atom.